The Morgan fingerprint density at radius 3 is 2.12 bits per heavy atom. The highest BCUT2D eigenvalue weighted by molar-refractivity contribution is 5.77. The van der Waals surface area contributed by atoms with Gasteiger partial charge < -0.3 is 10.2 Å². The summed E-state index contributed by atoms with van der Waals surface area (Å²) in [5.74, 6) is 1.01. The Kier molecular flexibility index (Phi) is 4.99. The van der Waals surface area contributed by atoms with Gasteiger partial charge in [-0.3, -0.25) is 4.79 Å². The number of carbonyl (C=O) groups excluding carboxylic acids is 1. The van der Waals surface area contributed by atoms with E-state index in [0.29, 0.717) is 18.0 Å². The van der Waals surface area contributed by atoms with E-state index in [1.54, 1.807) is 19.0 Å². The molecule has 1 fully saturated rings. The van der Waals surface area contributed by atoms with Crippen LogP contribution in [0.2, 0.25) is 0 Å². The topological polar surface area (TPSA) is 32.3 Å². The van der Waals surface area contributed by atoms with Gasteiger partial charge in [-0.05, 0) is 37.0 Å². The summed E-state index contributed by atoms with van der Waals surface area (Å²) < 4.78 is 0. The van der Waals surface area contributed by atoms with Gasteiger partial charge >= 0.3 is 0 Å². The molecule has 0 bridgehead atoms. The lowest BCUT2D eigenvalue weighted by molar-refractivity contribution is -0.127. The molecule has 0 unspecified atom stereocenters. The van der Waals surface area contributed by atoms with Crippen LogP contribution in [0.1, 0.15) is 46.5 Å². The third-order valence-corrected chi connectivity index (χ3v) is 3.99. The lowest BCUT2D eigenvalue weighted by Crippen LogP contribution is -2.41. The molecule has 1 saturated carbocycles. The number of nitrogens with one attached hydrogen (secondary N) is 1. The van der Waals surface area contributed by atoms with Crippen LogP contribution in [0.3, 0.4) is 0 Å². The molecule has 0 atom stereocenters. The number of rotatable bonds is 3. The van der Waals surface area contributed by atoms with Crippen LogP contribution in [-0.2, 0) is 4.79 Å². The second-order valence-electron chi connectivity index (χ2n) is 6.58. The minimum Gasteiger partial charge on any atom is -0.348 e. The van der Waals surface area contributed by atoms with Crippen molar-refractivity contribution < 1.29 is 4.79 Å². The maximum Gasteiger partial charge on any atom is 0.236 e. The van der Waals surface area contributed by atoms with Gasteiger partial charge in [0.1, 0.15) is 0 Å². The lowest BCUT2D eigenvalue weighted by Gasteiger charge is -2.37. The molecule has 0 aromatic carbocycles. The normalized spacial score (nSPS) is 25.7. The molecule has 0 aromatic rings. The third kappa shape index (κ3) is 4.66. The van der Waals surface area contributed by atoms with Crippen molar-refractivity contribution in [1.29, 1.82) is 0 Å². The summed E-state index contributed by atoms with van der Waals surface area (Å²) in [6, 6.07) is 0.539. The van der Waals surface area contributed by atoms with Gasteiger partial charge in [0.25, 0.3) is 0 Å². The molecule has 0 aliphatic heterocycles. The molecule has 1 amide bonds. The van der Waals surface area contributed by atoms with Gasteiger partial charge in [-0.1, -0.05) is 20.8 Å². The summed E-state index contributed by atoms with van der Waals surface area (Å²) in [6.45, 7) is 7.49. The molecule has 100 valence electrons. The van der Waals surface area contributed by atoms with Gasteiger partial charge in [0.05, 0.1) is 6.54 Å². The molecule has 1 aliphatic carbocycles. The first-order valence-electron chi connectivity index (χ1n) is 6.74. The molecule has 1 rings (SSSR count). The molecule has 3 heteroatoms. The van der Waals surface area contributed by atoms with Crippen molar-refractivity contribution in [1.82, 2.24) is 10.2 Å². The Balaban J connectivity index is 2.26. The van der Waals surface area contributed by atoms with E-state index in [2.05, 4.69) is 26.1 Å². The van der Waals surface area contributed by atoms with Crippen molar-refractivity contribution >= 4 is 5.91 Å². The van der Waals surface area contributed by atoms with Crippen LogP contribution in [0, 0.1) is 11.3 Å². The zero-order chi connectivity index (χ0) is 13.1. The molecule has 1 N–H and O–H groups in total. The first kappa shape index (κ1) is 14.5. The van der Waals surface area contributed by atoms with E-state index in [-0.39, 0.29) is 5.91 Å². The van der Waals surface area contributed by atoms with Crippen LogP contribution in [0.4, 0.5) is 0 Å². The quantitative estimate of drug-likeness (QED) is 0.821. The molecule has 17 heavy (non-hydrogen) atoms. The highest BCUT2D eigenvalue weighted by Gasteiger charge is 2.29. The molecule has 0 heterocycles. The fraction of sp³-hybridized carbons (Fsp3) is 0.929. The van der Waals surface area contributed by atoms with Crippen LogP contribution >= 0.6 is 0 Å². The van der Waals surface area contributed by atoms with Crippen LogP contribution in [0.15, 0.2) is 0 Å². The smallest absolute Gasteiger partial charge is 0.236 e. The standard InChI is InChI=1S/C14H28N2O/c1-14(2,3)11-6-8-12(9-7-11)15-10-13(17)16(4)5/h11-12,15H,6-10H2,1-5H3. The van der Waals surface area contributed by atoms with Crippen molar-refractivity contribution in [3.8, 4) is 0 Å². The molecule has 0 aromatic heterocycles. The number of amides is 1. The zero-order valence-corrected chi connectivity index (χ0v) is 12.0. The van der Waals surface area contributed by atoms with Crippen molar-refractivity contribution in [3.05, 3.63) is 0 Å². The van der Waals surface area contributed by atoms with Crippen LogP contribution < -0.4 is 5.32 Å². The minimum atomic E-state index is 0.169. The van der Waals surface area contributed by atoms with E-state index in [4.69, 9.17) is 0 Å². The number of hydrogen-bond donors (Lipinski definition) is 1. The SMILES string of the molecule is CN(C)C(=O)CNC1CCC(C(C)(C)C)CC1. The number of nitrogens with zero attached hydrogens (tertiary/aromatic N) is 1. The van der Waals surface area contributed by atoms with Gasteiger partial charge in [0.2, 0.25) is 5.91 Å². The number of hydrogen-bond acceptors (Lipinski definition) is 2. The third-order valence-electron chi connectivity index (χ3n) is 3.99. The zero-order valence-electron chi connectivity index (χ0n) is 12.0. The Morgan fingerprint density at radius 1 is 1.18 bits per heavy atom. The molecule has 3 nitrogen and oxygen atoms in total. The highest BCUT2D eigenvalue weighted by atomic mass is 16.2. The van der Waals surface area contributed by atoms with Gasteiger partial charge in [0, 0.05) is 20.1 Å². The van der Waals surface area contributed by atoms with Crippen molar-refractivity contribution in [3.63, 3.8) is 0 Å². The maximum absolute atomic E-state index is 11.5. The largest absolute Gasteiger partial charge is 0.348 e. The van der Waals surface area contributed by atoms with Gasteiger partial charge in [-0.15, -0.1) is 0 Å². The Hall–Kier alpha value is -0.570. The fourth-order valence-electron chi connectivity index (χ4n) is 2.55. The van der Waals surface area contributed by atoms with Crippen LogP contribution in [-0.4, -0.2) is 37.5 Å². The summed E-state index contributed by atoms with van der Waals surface area (Å²) in [5.41, 5.74) is 0.435. The van der Waals surface area contributed by atoms with Crippen molar-refractivity contribution in [2.75, 3.05) is 20.6 Å². The van der Waals surface area contributed by atoms with Gasteiger partial charge in [-0.2, -0.15) is 0 Å². The second-order valence-corrected chi connectivity index (χ2v) is 6.58. The van der Waals surface area contributed by atoms with Crippen LogP contribution in [0.25, 0.3) is 0 Å². The second kappa shape index (κ2) is 5.85. The Morgan fingerprint density at radius 2 is 1.71 bits per heavy atom. The average Bonchev–Trinajstić information content (AvgIpc) is 2.25. The molecular formula is C14H28N2O. The first-order valence-corrected chi connectivity index (χ1v) is 6.74. The average molecular weight is 240 g/mol. The fourth-order valence-corrected chi connectivity index (χ4v) is 2.55. The van der Waals surface area contributed by atoms with E-state index in [9.17, 15) is 4.79 Å². The molecule has 0 spiro atoms. The monoisotopic (exact) mass is 240 g/mol. The minimum absolute atomic E-state index is 0.169. The maximum atomic E-state index is 11.5. The number of carbonyl (C=O) groups is 1. The summed E-state index contributed by atoms with van der Waals surface area (Å²) in [4.78, 5) is 13.1. The van der Waals surface area contributed by atoms with Crippen LogP contribution in [0.5, 0.6) is 0 Å². The van der Waals surface area contributed by atoms with E-state index in [1.165, 1.54) is 25.7 Å². The van der Waals surface area contributed by atoms with E-state index < -0.39 is 0 Å². The molecular weight excluding hydrogens is 212 g/mol. The van der Waals surface area contributed by atoms with Crippen molar-refractivity contribution in [2.24, 2.45) is 11.3 Å². The summed E-state index contributed by atoms with van der Waals surface area (Å²) in [5, 5.41) is 3.38. The van der Waals surface area contributed by atoms with E-state index >= 15 is 0 Å². The van der Waals surface area contributed by atoms with E-state index in [0.717, 1.165) is 5.92 Å². The first-order chi connectivity index (χ1) is 7.80. The predicted molar refractivity (Wildman–Crippen MR) is 71.9 cm³/mol. The van der Waals surface area contributed by atoms with Crippen molar-refractivity contribution in [2.45, 2.75) is 52.5 Å². The lowest BCUT2D eigenvalue weighted by atomic mass is 9.71. The predicted octanol–water partition coefficient (Wildman–Crippen LogP) is 2.27. The number of likely N-dealkylation sites (N-methyl/N-ethyl adjacent to an activating group) is 1. The van der Waals surface area contributed by atoms with E-state index in [1.807, 2.05) is 0 Å². The summed E-state index contributed by atoms with van der Waals surface area (Å²) >= 11 is 0. The Labute approximate surface area is 106 Å². The summed E-state index contributed by atoms with van der Waals surface area (Å²) in [6.07, 6.45) is 5.00. The highest BCUT2D eigenvalue weighted by Crippen LogP contribution is 2.37. The van der Waals surface area contributed by atoms with Gasteiger partial charge in [-0.25, -0.2) is 0 Å². The molecule has 0 saturated heterocycles. The Bertz CT molecular complexity index is 247. The molecule has 1 aliphatic rings. The van der Waals surface area contributed by atoms with Gasteiger partial charge in [0.15, 0.2) is 0 Å². The molecule has 0 radical (unpaired) electrons. The summed E-state index contributed by atoms with van der Waals surface area (Å²) in [7, 11) is 3.61.